The Hall–Kier alpha value is -1.23. The maximum Gasteiger partial charge on any atom is 0.128 e. The van der Waals surface area contributed by atoms with E-state index in [2.05, 4.69) is 15.9 Å². The molecule has 21 heavy (non-hydrogen) atoms. The van der Waals surface area contributed by atoms with Gasteiger partial charge in [-0.05, 0) is 18.2 Å². The van der Waals surface area contributed by atoms with Gasteiger partial charge in [0.2, 0.25) is 0 Å². The minimum absolute atomic E-state index is 0.0793. The summed E-state index contributed by atoms with van der Waals surface area (Å²) in [4.78, 5) is 0. The number of benzene rings is 2. The van der Waals surface area contributed by atoms with Crippen LogP contribution in [0.1, 0.15) is 29.7 Å². The summed E-state index contributed by atoms with van der Waals surface area (Å²) in [5, 5.41) is 0.674. The fourth-order valence-electron chi connectivity index (χ4n) is 2.56. The Bertz CT molecular complexity index is 677. The second-order valence-corrected chi connectivity index (χ2v) is 6.34. The van der Waals surface area contributed by atoms with E-state index < -0.39 is 0 Å². The van der Waals surface area contributed by atoms with E-state index in [0.29, 0.717) is 11.4 Å². The molecular formula is C16H15BrClNO2. The zero-order valence-electron chi connectivity index (χ0n) is 11.5. The number of nitrogens with two attached hydrogens (primary N) is 1. The van der Waals surface area contributed by atoms with E-state index in [9.17, 15) is 0 Å². The molecule has 2 N–H and O–H groups in total. The van der Waals surface area contributed by atoms with Crippen LogP contribution in [0.4, 0.5) is 0 Å². The molecule has 0 bridgehead atoms. The molecule has 5 heteroatoms. The Balaban J connectivity index is 1.96. The highest BCUT2D eigenvalue weighted by atomic mass is 79.9. The first kappa shape index (κ1) is 14.7. The minimum atomic E-state index is -0.153. The zero-order chi connectivity index (χ0) is 15.0. The third-order valence-corrected chi connectivity index (χ3v) is 4.49. The highest BCUT2D eigenvalue weighted by Crippen LogP contribution is 2.43. The van der Waals surface area contributed by atoms with E-state index in [4.69, 9.17) is 26.8 Å². The standard InChI is InChI=1S/C16H15BrClNO2/c1-20-10-3-5-12-14(19)8-16(21-15(12)7-10)11-4-2-9(17)6-13(11)18/h2-7,14,16H,8,19H2,1H3/t14-,16?/m0/s1. The van der Waals surface area contributed by atoms with Gasteiger partial charge in [-0.3, -0.25) is 0 Å². The van der Waals surface area contributed by atoms with Crippen molar-refractivity contribution in [3.8, 4) is 11.5 Å². The van der Waals surface area contributed by atoms with E-state index in [1.54, 1.807) is 7.11 Å². The molecule has 1 unspecified atom stereocenters. The number of hydrogen-bond donors (Lipinski definition) is 1. The van der Waals surface area contributed by atoms with Crippen LogP contribution in [0, 0.1) is 0 Å². The van der Waals surface area contributed by atoms with Crippen LogP contribution in [-0.4, -0.2) is 7.11 Å². The lowest BCUT2D eigenvalue weighted by atomic mass is 9.93. The van der Waals surface area contributed by atoms with E-state index in [1.165, 1.54) is 0 Å². The number of methoxy groups -OCH3 is 1. The van der Waals surface area contributed by atoms with Crippen molar-refractivity contribution in [2.24, 2.45) is 5.73 Å². The molecule has 0 fully saturated rings. The predicted molar refractivity (Wildman–Crippen MR) is 87.1 cm³/mol. The smallest absolute Gasteiger partial charge is 0.128 e. The van der Waals surface area contributed by atoms with Crippen molar-refractivity contribution in [2.75, 3.05) is 7.11 Å². The fraction of sp³-hybridized carbons (Fsp3) is 0.250. The lowest BCUT2D eigenvalue weighted by Crippen LogP contribution is -2.24. The summed E-state index contributed by atoms with van der Waals surface area (Å²) in [6.45, 7) is 0. The molecule has 0 aromatic heterocycles. The highest BCUT2D eigenvalue weighted by Gasteiger charge is 2.28. The van der Waals surface area contributed by atoms with Crippen molar-refractivity contribution < 1.29 is 9.47 Å². The van der Waals surface area contributed by atoms with Crippen LogP contribution in [0.2, 0.25) is 5.02 Å². The number of ether oxygens (including phenoxy) is 2. The topological polar surface area (TPSA) is 44.5 Å². The Labute approximate surface area is 137 Å². The Morgan fingerprint density at radius 3 is 2.71 bits per heavy atom. The molecule has 1 aliphatic rings. The van der Waals surface area contributed by atoms with Crippen molar-refractivity contribution in [1.82, 2.24) is 0 Å². The summed E-state index contributed by atoms with van der Waals surface area (Å²) in [6.07, 6.45) is 0.543. The van der Waals surface area contributed by atoms with Gasteiger partial charge in [-0.2, -0.15) is 0 Å². The molecule has 3 rings (SSSR count). The summed E-state index contributed by atoms with van der Waals surface area (Å²) < 4.78 is 12.3. The average Bonchev–Trinajstić information content (AvgIpc) is 2.46. The van der Waals surface area contributed by atoms with Gasteiger partial charge in [-0.25, -0.2) is 0 Å². The van der Waals surface area contributed by atoms with E-state index in [1.807, 2.05) is 36.4 Å². The van der Waals surface area contributed by atoms with Gasteiger partial charge < -0.3 is 15.2 Å². The predicted octanol–water partition coefficient (Wildman–Crippen LogP) is 4.63. The molecule has 2 atom stereocenters. The van der Waals surface area contributed by atoms with Gasteiger partial charge in [-0.15, -0.1) is 0 Å². The lowest BCUT2D eigenvalue weighted by Gasteiger charge is -2.31. The van der Waals surface area contributed by atoms with Crippen molar-refractivity contribution in [3.63, 3.8) is 0 Å². The number of rotatable bonds is 2. The fourth-order valence-corrected chi connectivity index (χ4v) is 3.36. The monoisotopic (exact) mass is 367 g/mol. The Morgan fingerprint density at radius 1 is 1.24 bits per heavy atom. The average molecular weight is 369 g/mol. The summed E-state index contributed by atoms with van der Waals surface area (Å²) in [5.41, 5.74) is 8.22. The molecule has 0 aliphatic carbocycles. The maximum absolute atomic E-state index is 6.32. The van der Waals surface area contributed by atoms with Gasteiger partial charge >= 0.3 is 0 Å². The quantitative estimate of drug-likeness (QED) is 0.840. The van der Waals surface area contributed by atoms with Gasteiger partial charge in [0.15, 0.2) is 0 Å². The van der Waals surface area contributed by atoms with Crippen LogP contribution >= 0.6 is 27.5 Å². The van der Waals surface area contributed by atoms with Crippen molar-refractivity contribution in [2.45, 2.75) is 18.6 Å². The van der Waals surface area contributed by atoms with Gasteiger partial charge in [0.25, 0.3) is 0 Å². The molecule has 0 saturated heterocycles. The molecule has 1 heterocycles. The first-order valence-corrected chi connectivity index (χ1v) is 7.80. The van der Waals surface area contributed by atoms with Crippen molar-refractivity contribution >= 4 is 27.5 Å². The molecule has 2 aromatic rings. The molecule has 0 spiro atoms. The van der Waals surface area contributed by atoms with Gasteiger partial charge in [0.05, 0.1) is 7.11 Å². The number of fused-ring (bicyclic) bond motifs is 1. The summed E-state index contributed by atoms with van der Waals surface area (Å²) >= 11 is 9.73. The van der Waals surface area contributed by atoms with Crippen LogP contribution in [0.15, 0.2) is 40.9 Å². The first-order chi connectivity index (χ1) is 10.1. The number of halogens is 2. The summed E-state index contributed by atoms with van der Waals surface area (Å²) in [6, 6.07) is 11.4. The van der Waals surface area contributed by atoms with Gasteiger partial charge in [-0.1, -0.05) is 39.7 Å². The molecule has 2 aromatic carbocycles. The maximum atomic E-state index is 6.32. The first-order valence-electron chi connectivity index (χ1n) is 6.63. The summed E-state index contributed by atoms with van der Waals surface area (Å²) in [7, 11) is 1.63. The third kappa shape index (κ3) is 2.89. The Morgan fingerprint density at radius 2 is 2.00 bits per heavy atom. The van der Waals surface area contributed by atoms with E-state index in [-0.39, 0.29) is 12.1 Å². The second-order valence-electron chi connectivity index (χ2n) is 5.02. The molecule has 0 saturated carbocycles. The van der Waals surface area contributed by atoms with Crippen LogP contribution in [0.25, 0.3) is 0 Å². The molecule has 3 nitrogen and oxygen atoms in total. The lowest BCUT2D eigenvalue weighted by molar-refractivity contribution is 0.161. The summed E-state index contributed by atoms with van der Waals surface area (Å²) in [5.74, 6) is 1.51. The van der Waals surface area contributed by atoms with Gasteiger partial charge in [0.1, 0.15) is 17.6 Å². The Kier molecular flexibility index (Phi) is 4.11. The van der Waals surface area contributed by atoms with Crippen LogP contribution < -0.4 is 15.2 Å². The molecule has 110 valence electrons. The minimum Gasteiger partial charge on any atom is -0.497 e. The van der Waals surface area contributed by atoms with E-state index in [0.717, 1.165) is 27.1 Å². The van der Waals surface area contributed by atoms with Crippen LogP contribution in [0.3, 0.4) is 0 Å². The van der Waals surface area contributed by atoms with Crippen LogP contribution in [0.5, 0.6) is 11.5 Å². The van der Waals surface area contributed by atoms with Crippen LogP contribution in [-0.2, 0) is 0 Å². The van der Waals surface area contributed by atoms with Crippen molar-refractivity contribution in [3.05, 3.63) is 57.0 Å². The molecule has 0 radical (unpaired) electrons. The van der Waals surface area contributed by atoms with Crippen molar-refractivity contribution in [1.29, 1.82) is 0 Å². The molecule has 0 amide bonds. The normalized spacial score (nSPS) is 20.6. The van der Waals surface area contributed by atoms with Gasteiger partial charge in [0, 0.05) is 39.2 Å². The molecular weight excluding hydrogens is 354 g/mol. The highest BCUT2D eigenvalue weighted by molar-refractivity contribution is 9.10. The third-order valence-electron chi connectivity index (χ3n) is 3.67. The largest absolute Gasteiger partial charge is 0.497 e. The SMILES string of the molecule is COc1ccc2c(c1)OC(c1ccc(Br)cc1Cl)C[C@@H]2N. The molecule has 1 aliphatic heterocycles. The number of hydrogen-bond acceptors (Lipinski definition) is 3. The second kappa shape index (κ2) is 5.87. The zero-order valence-corrected chi connectivity index (χ0v) is 13.8. The van der Waals surface area contributed by atoms with E-state index >= 15 is 0 Å².